The van der Waals surface area contributed by atoms with E-state index in [0.717, 1.165) is 69.6 Å². The molecular weight excluding hydrogens is 456 g/mol. The van der Waals surface area contributed by atoms with Gasteiger partial charge in [0, 0.05) is 5.57 Å². The topological polar surface area (TPSA) is 61.8 Å². The minimum Gasteiger partial charge on any atom is -0.455 e. The van der Waals surface area contributed by atoms with Gasteiger partial charge in [-0.05, 0) is 88.9 Å². The Kier molecular flexibility index (Phi) is 12.4. The first-order valence-electron chi connectivity index (χ1n) is 13.9. The van der Waals surface area contributed by atoms with Gasteiger partial charge in [0.1, 0.15) is 18.5 Å². The van der Waals surface area contributed by atoms with E-state index >= 15 is 0 Å². The number of esters is 1. The van der Waals surface area contributed by atoms with E-state index in [9.17, 15) is 9.59 Å². The molecular formula is C29H50O5Si. The monoisotopic (exact) mass is 506 g/mol. The molecule has 0 saturated carbocycles. The number of carbonyl (C=O) groups is 2. The Balaban J connectivity index is 1.60. The molecule has 2 aliphatic rings. The van der Waals surface area contributed by atoms with Crippen LogP contribution in [0.3, 0.4) is 0 Å². The largest absolute Gasteiger partial charge is 0.455 e. The van der Waals surface area contributed by atoms with Gasteiger partial charge in [0.25, 0.3) is 0 Å². The first-order valence-corrected chi connectivity index (χ1v) is 16.8. The van der Waals surface area contributed by atoms with E-state index in [1.54, 1.807) is 0 Å². The molecule has 0 radical (unpaired) electrons. The third-order valence-electron chi connectivity index (χ3n) is 7.74. The van der Waals surface area contributed by atoms with Crippen LogP contribution in [0.1, 0.15) is 105 Å². The fourth-order valence-electron chi connectivity index (χ4n) is 4.53. The van der Waals surface area contributed by atoms with Gasteiger partial charge in [-0.2, -0.15) is 0 Å². The maximum atomic E-state index is 11.6. The molecule has 0 amide bonds. The minimum absolute atomic E-state index is 0.0538. The van der Waals surface area contributed by atoms with Crippen molar-refractivity contribution in [3.8, 4) is 0 Å². The maximum Gasteiger partial charge on any atom is 0.334 e. The predicted octanol–water partition coefficient (Wildman–Crippen LogP) is 7.45. The van der Waals surface area contributed by atoms with Crippen molar-refractivity contribution in [2.45, 2.75) is 147 Å². The lowest BCUT2D eigenvalue weighted by molar-refractivity contribution is -0.139. The van der Waals surface area contributed by atoms with Crippen LogP contribution in [0.4, 0.5) is 0 Å². The van der Waals surface area contributed by atoms with Gasteiger partial charge in [0.2, 0.25) is 0 Å². The van der Waals surface area contributed by atoms with Gasteiger partial charge >= 0.3 is 5.97 Å². The van der Waals surface area contributed by atoms with Crippen molar-refractivity contribution in [2.75, 3.05) is 0 Å². The molecule has 6 heteroatoms. The molecule has 0 aromatic rings. The number of allylic oxidation sites excluding steroid dienone is 2. The van der Waals surface area contributed by atoms with Crippen LogP contribution in [0.15, 0.2) is 23.8 Å². The van der Waals surface area contributed by atoms with Crippen LogP contribution in [0.2, 0.25) is 18.1 Å². The zero-order valence-electron chi connectivity index (χ0n) is 23.1. The number of carbonyl (C=O) groups excluding carboxylic acids is 2. The molecule has 0 unspecified atom stereocenters. The molecule has 5 nitrogen and oxygen atoms in total. The summed E-state index contributed by atoms with van der Waals surface area (Å²) in [4.78, 5) is 22.8. The first-order chi connectivity index (χ1) is 16.5. The lowest BCUT2D eigenvalue weighted by atomic mass is 10.0. The van der Waals surface area contributed by atoms with Crippen LogP contribution in [-0.4, -0.2) is 45.0 Å². The second-order valence-electron chi connectivity index (χ2n) is 11.9. The van der Waals surface area contributed by atoms with Crippen molar-refractivity contribution < 1.29 is 23.5 Å². The molecule has 1 fully saturated rings. The van der Waals surface area contributed by atoms with Crippen LogP contribution in [0.25, 0.3) is 0 Å². The maximum absolute atomic E-state index is 11.6. The second kappa shape index (κ2) is 14.5. The number of ether oxygens (including phenoxy) is 2. The van der Waals surface area contributed by atoms with E-state index in [4.69, 9.17) is 13.9 Å². The fraction of sp³-hybridized carbons (Fsp3) is 0.793. The quantitative estimate of drug-likeness (QED) is 0.0715. The van der Waals surface area contributed by atoms with E-state index < -0.39 is 8.32 Å². The van der Waals surface area contributed by atoms with Crippen LogP contribution in [0, 0.1) is 0 Å². The molecule has 2 heterocycles. The summed E-state index contributed by atoms with van der Waals surface area (Å²) in [5, 5.41) is 0.164. The Morgan fingerprint density at radius 1 is 1.06 bits per heavy atom. The fourth-order valence-corrected chi connectivity index (χ4v) is 5.91. The number of hydrogen-bond acceptors (Lipinski definition) is 5. The van der Waals surface area contributed by atoms with Crippen LogP contribution < -0.4 is 0 Å². The molecule has 0 N–H and O–H groups in total. The molecule has 0 aromatic carbocycles. The van der Waals surface area contributed by atoms with E-state index in [1.807, 2.05) is 13.0 Å². The third-order valence-corrected chi connectivity index (χ3v) is 12.2. The van der Waals surface area contributed by atoms with E-state index in [-0.39, 0.29) is 35.4 Å². The van der Waals surface area contributed by atoms with E-state index in [0.29, 0.717) is 0 Å². The predicted molar refractivity (Wildman–Crippen MR) is 145 cm³/mol. The van der Waals surface area contributed by atoms with Gasteiger partial charge < -0.3 is 18.7 Å². The SMILES string of the molecule is C[C@H]1C=C(CCCCC/C=C/CCCCC[C@@H](O[Si](C)(C)C(C)(C)C)[C@H]2CC[C@H](C=O)O2)C(=O)O1. The number of unbranched alkanes of at least 4 members (excludes halogenated alkanes) is 6. The Morgan fingerprint density at radius 2 is 1.71 bits per heavy atom. The summed E-state index contributed by atoms with van der Waals surface area (Å²) < 4.78 is 17.9. The number of rotatable bonds is 16. The Bertz CT molecular complexity index is 721. The van der Waals surface area contributed by atoms with Crippen LogP contribution in [0.5, 0.6) is 0 Å². The van der Waals surface area contributed by atoms with Gasteiger partial charge in [0.05, 0.1) is 12.2 Å². The molecule has 2 aliphatic heterocycles. The summed E-state index contributed by atoms with van der Waals surface area (Å²) in [6, 6.07) is 0. The number of aldehydes is 1. The summed E-state index contributed by atoms with van der Waals surface area (Å²) >= 11 is 0. The van der Waals surface area contributed by atoms with Crippen molar-refractivity contribution in [3.63, 3.8) is 0 Å². The Morgan fingerprint density at radius 3 is 2.26 bits per heavy atom. The highest BCUT2D eigenvalue weighted by atomic mass is 28.4. The van der Waals surface area contributed by atoms with Gasteiger partial charge in [-0.1, -0.05) is 52.2 Å². The summed E-state index contributed by atoms with van der Waals surface area (Å²) in [5.74, 6) is -0.129. The lowest BCUT2D eigenvalue weighted by Crippen LogP contribution is -2.47. The molecule has 0 spiro atoms. The van der Waals surface area contributed by atoms with Gasteiger partial charge in [0.15, 0.2) is 8.32 Å². The summed E-state index contributed by atoms with van der Waals surface area (Å²) in [6.45, 7) is 13.3. The molecule has 2 rings (SSSR count). The van der Waals surface area contributed by atoms with Gasteiger partial charge in [-0.15, -0.1) is 0 Å². The van der Waals surface area contributed by atoms with Crippen LogP contribution in [-0.2, 0) is 23.5 Å². The van der Waals surface area contributed by atoms with Crippen molar-refractivity contribution >= 4 is 20.6 Å². The molecule has 0 aromatic heterocycles. The summed E-state index contributed by atoms with van der Waals surface area (Å²) in [6.07, 6.45) is 20.1. The average Bonchev–Trinajstić information content (AvgIpc) is 3.38. The molecule has 200 valence electrons. The average molecular weight is 507 g/mol. The van der Waals surface area contributed by atoms with Crippen molar-refractivity contribution in [1.29, 1.82) is 0 Å². The normalized spacial score (nSPS) is 24.1. The number of cyclic esters (lactones) is 1. The smallest absolute Gasteiger partial charge is 0.334 e. The zero-order valence-corrected chi connectivity index (χ0v) is 24.1. The van der Waals surface area contributed by atoms with Gasteiger partial charge in [-0.25, -0.2) is 4.79 Å². The lowest BCUT2D eigenvalue weighted by Gasteiger charge is -2.40. The minimum atomic E-state index is -1.89. The molecule has 35 heavy (non-hydrogen) atoms. The van der Waals surface area contributed by atoms with Crippen molar-refractivity contribution in [2.24, 2.45) is 0 Å². The molecule has 4 atom stereocenters. The summed E-state index contributed by atoms with van der Waals surface area (Å²) in [5.41, 5.74) is 0.855. The van der Waals surface area contributed by atoms with E-state index in [2.05, 4.69) is 46.0 Å². The Labute approximate surface area is 215 Å². The molecule has 0 bridgehead atoms. The Hall–Kier alpha value is -1.24. The highest BCUT2D eigenvalue weighted by molar-refractivity contribution is 6.74. The molecule has 0 aliphatic carbocycles. The van der Waals surface area contributed by atoms with Crippen molar-refractivity contribution in [1.82, 2.24) is 0 Å². The zero-order chi connectivity index (χ0) is 25.9. The standard InChI is InChI=1S/C29H50O5Si/c1-23-21-24(28(31)32-23)17-15-13-11-9-7-8-10-12-14-16-18-27(26-20-19-25(22-30)33-26)34-35(5,6)29(2,3)4/h7-8,21-23,25-27H,9-20H2,1-6H3/b8-7+/t23-,25+,26+,27+/m0/s1. The first kappa shape index (κ1) is 30.0. The highest BCUT2D eigenvalue weighted by Gasteiger charge is 2.42. The van der Waals surface area contributed by atoms with Crippen molar-refractivity contribution in [3.05, 3.63) is 23.8 Å². The second-order valence-corrected chi connectivity index (χ2v) is 16.6. The van der Waals surface area contributed by atoms with E-state index in [1.165, 1.54) is 19.3 Å². The summed E-state index contributed by atoms with van der Waals surface area (Å²) in [7, 11) is -1.89. The van der Waals surface area contributed by atoms with Gasteiger partial charge in [-0.3, -0.25) is 0 Å². The van der Waals surface area contributed by atoms with Crippen LogP contribution >= 0.6 is 0 Å². The third kappa shape index (κ3) is 10.3. The molecule has 1 saturated heterocycles. The number of hydrogen-bond donors (Lipinski definition) is 0. The highest BCUT2D eigenvalue weighted by Crippen LogP contribution is 2.39.